The zero-order valence-electron chi connectivity index (χ0n) is 13.4. The summed E-state index contributed by atoms with van der Waals surface area (Å²) in [5.41, 5.74) is 1.36. The Labute approximate surface area is 123 Å². The number of benzene rings is 1. The lowest BCUT2D eigenvalue weighted by Crippen LogP contribution is -2.42. The van der Waals surface area contributed by atoms with Gasteiger partial charge in [-0.3, -0.25) is 0 Å². The molecule has 0 bridgehead atoms. The van der Waals surface area contributed by atoms with Crippen LogP contribution in [0.2, 0.25) is 0 Å². The summed E-state index contributed by atoms with van der Waals surface area (Å²) in [5.74, 6) is 0.908. The van der Waals surface area contributed by atoms with Gasteiger partial charge in [0.25, 0.3) is 0 Å². The number of aliphatic hydroxyl groups is 1. The number of hydrogen-bond acceptors (Lipinski definition) is 3. The Kier molecular flexibility index (Phi) is 6.50. The summed E-state index contributed by atoms with van der Waals surface area (Å²) in [6.45, 7) is 11.6. The Morgan fingerprint density at radius 3 is 2.25 bits per heavy atom. The van der Waals surface area contributed by atoms with E-state index in [4.69, 9.17) is 4.74 Å². The van der Waals surface area contributed by atoms with Crippen molar-refractivity contribution in [2.24, 2.45) is 5.41 Å². The maximum Gasteiger partial charge on any atom is 0.119 e. The maximum absolute atomic E-state index is 9.22. The summed E-state index contributed by atoms with van der Waals surface area (Å²) in [6.07, 6.45) is 0.769. The first kappa shape index (κ1) is 17.0. The second-order valence-electron chi connectivity index (χ2n) is 6.32. The minimum atomic E-state index is 0.127. The molecule has 0 saturated carbocycles. The van der Waals surface area contributed by atoms with Crippen LogP contribution in [-0.4, -0.2) is 24.4 Å². The van der Waals surface area contributed by atoms with Gasteiger partial charge in [-0.1, -0.05) is 32.9 Å². The number of ether oxygens (including phenoxy) is 1. The Morgan fingerprint density at radius 1 is 1.20 bits per heavy atom. The van der Waals surface area contributed by atoms with E-state index in [2.05, 4.69) is 45.1 Å². The summed E-state index contributed by atoms with van der Waals surface area (Å²) in [6, 6.07) is 8.75. The fraction of sp³-hybridized carbons (Fsp3) is 0.647. The molecule has 0 aliphatic heterocycles. The van der Waals surface area contributed by atoms with Crippen molar-refractivity contribution in [3.05, 3.63) is 29.8 Å². The average Bonchev–Trinajstić information content (AvgIpc) is 2.38. The van der Waals surface area contributed by atoms with E-state index in [0.29, 0.717) is 6.61 Å². The van der Waals surface area contributed by atoms with Gasteiger partial charge in [-0.15, -0.1) is 0 Å². The minimum absolute atomic E-state index is 0.127. The van der Waals surface area contributed by atoms with Crippen LogP contribution in [0.5, 0.6) is 5.75 Å². The van der Waals surface area contributed by atoms with Crippen molar-refractivity contribution in [1.29, 1.82) is 0 Å². The molecule has 2 unspecified atom stereocenters. The zero-order valence-corrected chi connectivity index (χ0v) is 13.4. The topological polar surface area (TPSA) is 41.5 Å². The van der Waals surface area contributed by atoms with Crippen molar-refractivity contribution >= 4 is 0 Å². The molecule has 20 heavy (non-hydrogen) atoms. The molecule has 3 heteroatoms. The molecule has 2 atom stereocenters. The molecule has 114 valence electrons. The van der Waals surface area contributed by atoms with Crippen LogP contribution in [0.3, 0.4) is 0 Å². The lowest BCUT2D eigenvalue weighted by Gasteiger charge is -2.34. The molecule has 0 fully saturated rings. The van der Waals surface area contributed by atoms with Crippen molar-refractivity contribution in [3.63, 3.8) is 0 Å². The Hall–Kier alpha value is -1.06. The summed E-state index contributed by atoms with van der Waals surface area (Å²) in [5, 5.41) is 12.8. The number of nitrogens with one attached hydrogen (secondary N) is 1. The summed E-state index contributed by atoms with van der Waals surface area (Å²) in [7, 11) is 0. The predicted octanol–water partition coefficient (Wildman–Crippen LogP) is 3.53. The number of hydrogen-bond donors (Lipinski definition) is 2. The molecule has 0 radical (unpaired) electrons. The third-order valence-electron chi connectivity index (χ3n) is 3.61. The minimum Gasteiger partial charge on any atom is -0.494 e. The maximum atomic E-state index is 9.22. The molecule has 0 spiro atoms. The highest BCUT2D eigenvalue weighted by Gasteiger charge is 2.25. The van der Waals surface area contributed by atoms with Crippen LogP contribution in [0.25, 0.3) is 0 Å². The summed E-state index contributed by atoms with van der Waals surface area (Å²) in [4.78, 5) is 0. The van der Waals surface area contributed by atoms with Crippen molar-refractivity contribution in [2.75, 3.05) is 13.2 Å². The quantitative estimate of drug-likeness (QED) is 0.802. The van der Waals surface area contributed by atoms with E-state index in [1.807, 2.05) is 19.1 Å². The molecule has 0 heterocycles. The Balaban J connectivity index is 2.70. The highest BCUT2D eigenvalue weighted by Crippen LogP contribution is 2.25. The van der Waals surface area contributed by atoms with Gasteiger partial charge in [-0.25, -0.2) is 0 Å². The standard InChI is InChI=1S/C17H29NO2/c1-6-20-15-9-7-14(8-10-15)13(2)18-16(11-12-19)17(3,4)5/h7-10,13,16,18-19H,6,11-12H2,1-5H3. The van der Waals surface area contributed by atoms with E-state index >= 15 is 0 Å². The molecule has 3 nitrogen and oxygen atoms in total. The molecular formula is C17H29NO2. The normalized spacial score (nSPS) is 14.9. The van der Waals surface area contributed by atoms with E-state index in [-0.39, 0.29) is 24.1 Å². The predicted molar refractivity (Wildman–Crippen MR) is 84.1 cm³/mol. The van der Waals surface area contributed by atoms with Gasteiger partial charge in [0.05, 0.1) is 6.61 Å². The van der Waals surface area contributed by atoms with Gasteiger partial charge in [-0.05, 0) is 43.4 Å². The fourth-order valence-corrected chi connectivity index (χ4v) is 2.31. The van der Waals surface area contributed by atoms with E-state index < -0.39 is 0 Å². The molecule has 1 aromatic rings. The molecular weight excluding hydrogens is 250 g/mol. The Bertz CT molecular complexity index is 381. The second kappa shape index (κ2) is 7.65. The van der Waals surface area contributed by atoms with E-state index in [9.17, 15) is 5.11 Å². The number of rotatable bonds is 7. The third kappa shape index (κ3) is 5.14. The Morgan fingerprint density at radius 2 is 1.80 bits per heavy atom. The second-order valence-corrected chi connectivity index (χ2v) is 6.32. The van der Waals surface area contributed by atoms with Gasteiger partial charge in [-0.2, -0.15) is 0 Å². The molecule has 1 aromatic carbocycles. The van der Waals surface area contributed by atoms with Crippen LogP contribution >= 0.6 is 0 Å². The zero-order chi connectivity index (χ0) is 15.2. The molecule has 0 aliphatic rings. The first-order valence-electron chi connectivity index (χ1n) is 7.48. The first-order chi connectivity index (χ1) is 9.38. The van der Waals surface area contributed by atoms with Crippen molar-refractivity contribution in [3.8, 4) is 5.75 Å². The first-order valence-corrected chi connectivity index (χ1v) is 7.48. The van der Waals surface area contributed by atoms with E-state index in [0.717, 1.165) is 12.2 Å². The molecule has 0 aromatic heterocycles. The van der Waals surface area contributed by atoms with Crippen LogP contribution < -0.4 is 10.1 Å². The fourth-order valence-electron chi connectivity index (χ4n) is 2.31. The van der Waals surface area contributed by atoms with Gasteiger partial charge in [0.2, 0.25) is 0 Å². The SMILES string of the molecule is CCOc1ccc(C(C)NC(CCO)C(C)(C)C)cc1. The molecule has 0 amide bonds. The monoisotopic (exact) mass is 279 g/mol. The van der Waals surface area contributed by atoms with Gasteiger partial charge in [0, 0.05) is 18.7 Å². The van der Waals surface area contributed by atoms with Crippen molar-refractivity contribution in [2.45, 2.75) is 53.1 Å². The van der Waals surface area contributed by atoms with Crippen LogP contribution in [-0.2, 0) is 0 Å². The van der Waals surface area contributed by atoms with Crippen LogP contribution in [0.4, 0.5) is 0 Å². The molecule has 0 saturated heterocycles. The lowest BCUT2D eigenvalue weighted by atomic mass is 9.84. The van der Waals surface area contributed by atoms with Gasteiger partial charge < -0.3 is 15.2 Å². The van der Waals surface area contributed by atoms with Crippen LogP contribution in [0.15, 0.2) is 24.3 Å². The van der Waals surface area contributed by atoms with Crippen molar-refractivity contribution < 1.29 is 9.84 Å². The van der Waals surface area contributed by atoms with Crippen molar-refractivity contribution in [1.82, 2.24) is 5.32 Å². The molecule has 0 aliphatic carbocycles. The van der Waals surface area contributed by atoms with Crippen LogP contribution in [0.1, 0.15) is 52.6 Å². The smallest absolute Gasteiger partial charge is 0.119 e. The largest absolute Gasteiger partial charge is 0.494 e. The third-order valence-corrected chi connectivity index (χ3v) is 3.61. The van der Waals surface area contributed by atoms with E-state index in [1.54, 1.807) is 0 Å². The van der Waals surface area contributed by atoms with Gasteiger partial charge >= 0.3 is 0 Å². The van der Waals surface area contributed by atoms with E-state index in [1.165, 1.54) is 5.56 Å². The van der Waals surface area contributed by atoms with Crippen LogP contribution in [0, 0.1) is 5.41 Å². The van der Waals surface area contributed by atoms with Gasteiger partial charge in [0.1, 0.15) is 5.75 Å². The molecule has 1 rings (SSSR count). The average molecular weight is 279 g/mol. The summed E-state index contributed by atoms with van der Waals surface area (Å²) < 4.78 is 5.46. The highest BCUT2D eigenvalue weighted by molar-refractivity contribution is 5.29. The van der Waals surface area contributed by atoms with Gasteiger partial charge in [0.15, 0.2) is 0 Å². The molecule has 2 N–H and O–H groups in total. The summed E-state index contributed by atoms with van der Waals surface area (Å²) >= 11 is 0. The lowest BCUT2D eigenvalue weighted by molar-refractivity contribution is 0.188. The highest BCUT2D eigenvalue weighted by atomic mass is 16.5. The number of aliphatic hydroxyl groups excluding tert-OH is 1.